The maximum atomic E-state index is 12.8. The fourth-order valence-corrected chi connectivity index (χ4v) is 6.80. The van der Waals surface area contributed by atoms with E-state index in [0.717, 1.165) is 57.8 Å². The third-order valence-corrected chi connectivity index (χ3v) is 10.3. The Balaban J connectivity index is 2.26. The summed E-state index contributed by atoms with van der Waals surface area (Å²) < 4.78 is 22.8. The van der Waals surface area contributed by atoms with Crippen molar-refractivity contribution in [2.75, 3.05) is 26.4 Å². The summed E-state index contributed by atoms with van der Waals surface area (Å²) in [4.78, 5) is 12.8. The number of aliphatic hydroxyl groups excluding tert-OH is 4. The maximum Gasteiger partial charge on any atom is 0.306 e. The van der Waals surface area contributed by atoms with Crippen LogP contribution >= 0.6 is 0 Å². The average molecular weight is 781 g/mol. The van der Waals surface area contributed by atoms with E-state index < -0.39 is 43.4 Å². The standard InChI is InChI=1S/C46H84O9/c1-3-5-7-9-11-13-15-17-19-20-21-22-24-26-28-30-32-34-36-52-38-40(39-53-46-45(51)44(50)43(49)41(37-47)55-46)54-42(48)35-33-31-29-27-25-23-18-16-14-12-10-8-6-4-2/h5,7,11,13,17,19,40-41,43-47,49-51H,3-4,6,8-10,12,14-16,18,20-39H2,1-2H3/b7-5-,13-11-,19-17-. The highest BCUT2D eigenvalue weighted by Gasteiger charge is 2.44. The summed E-state index contributed by atoms with van der Waals surface area (Å²) in [7, 11) is 0. The van der Waals surface area contributed by atoms with Crippen LogP contribution in [-0.4, -0.2) is 89.6 Å². The third kappa shape index (κ3) is 29.3. The van der Waals surface area contributed by atoms with Crippen LogP contribution in [0.25, 0.3) is 0 Å². The van der Waals surface area contributed by atoms with Crippen molar-refractivity contribution < 1.29 is 44.2 Å². The molecule has 1 aliphatic heterocycles. The van der Waals surface area contributed by atoms with Crippen LogP contribution in [0.4, 0.5) is 0 Å². The Morgan fingerprint density at radius 3 is 1.67 bits per heavy atom. The van der Waals surface area contributed by atoms with Gasteiger partial charge in [0.25, 0.3) is 0 Å². The van der Waals surface area contributed by atoms with Gasteiger partial charge in [-0.3, -0.25) is 4.79 Å². The summed E-state index contributed by atoms with van der Waals surface area (Å²) in [6, 6.07) is 0. The number of carbonyl (C=O) groups excluding carboxylic acids is 1. The molecule has 0 spiro atoms. The smallest absolute Gasteiger partial charge is 0.306 e. The van der Waals surface area contributed by atoms with Crippen LogP contribution in [0.3, 0.4) is 0 Å². The predicted molar refractivity (Wildman–Crippen MR) is 224 cm³/mol. The van der Waals surface area contributed by atoms with E-state index >= 15 is 0 Å². The number of aliphatic hydroxyl groups is 4. The van der Waals surface area contributed by atoms with E-state index in [4.69, 9.17) is 18.9 Å². The van der Waals surface area contributed by atoms with Gasteiger partial charge in [0.15, 0.2) is 6.29 Å². The molecule has 55 heavy (non-hydrogen) atoms. The summed E-state index contributed by atoms with van der Waals surface area (Å²) in [5, 5.41) is 40.1. The number of carbonyl (C=O) groups is 1. The lowest BCUT2D eigenvalue weighted by atomic mass is 9.99. The van der Waals surface area contributed by atoms with Gasteiger partial charge >= 0.3 is 5.97 Å². The number of hydrogen-bond acceptors (Lipinski definition) is 9. The summed E-state index contributed by atoms with van der Waals surface area (Å²) in [6.07, 6.45) is 37.4. The van der Waals surface area contributed by atoms with E-state index in [2.05, 4.69) is 50.3 Å². The highest BCUT2D eigenvalue weighted by molar-refractivity contribution is 5.69. The Labute approximate surface area is 336 Å². The summed E-state index contributed by atoms with van der Waals surface area (Å²) >= 11 is 0. The molecule has 4 N–H and O–H groups in total. The van der Waals surface area contributed by atoms with Gasteiger partial charge in [-0.25, -0.2) is 0 Å². The highest BCUT2D eigenvalue weighted by atomic mass is 16.7. The molecule has 1 aliphatic rings. The van der Waals surface area contributed by atoms with Crippen LogP contribution in [0.1, 0.15) is 187 Å². The maximum absolute atomic E-state index is 12.8. The quantitative estimate of drug-likeness (QED) is 0.0274. The number of allylic oxidation sites excluding steroid dienone is 6. The fourth-order valence-electron chi connectivity index (χ4n) is 6.80. The van der Waals surface area contributed by atoms with Gasteiger partial charge in [-0.1, -0.05) is 172 Å². The van der Waals surface area contributed by atoms with Gasteiger partial charge in [0, 0.05) is 13.0 Å². The van der Waals surface area contributed by atoms with E-state index in [-0.39, 0.29) is 19.2 Å². The lowest BCUT2D eigenvalue weighted by molar-refractivity contribution is -0.305. The molecule has 9 nitrogen and oxygen atoms in total. The molecule has 322 valence electrons. The van der Waals surface area contributed by atoms with Gasteiger partial charge in [0.05, 0.1) is 19.8 Å². The molecule has 1 heterocycles. The van der Waals surface area contributed by atoms with E-state index in [1.807, 2.05) is 0 Å². The van der Waals surface area contributed by atoms with Crippen LogP contribution in [-0.2, 0) is 23.7 Å². The molecule has 0 aromatic heterocycles. The molecule has 1 rings (SSSR count). The van der Waals surface area contributed by atoms with Crippen molar-refractivity contribution in [2.24, 2.45) is 0 Å². The van der Waals surface area contributed by atoms with Crippen molar-refractivity contribution in [2.45, 2.75) is 224 Å². The van der Waals surface area contributed by atoms with Crippen LogP contribution < -0.4 is 0 Å². The second kappa shape index (κ2) is 38.0. The van der Waals surface area contributed by atoms with Crippen LogP contribution in [0, 0.1) is 0 Å². The summed E-state index contributed by atoms with van der Waals surface area (Å²) in [5.74, 6) is -0.316. The molecule has 0 amide bonds. The third-order valence-electron chi connectivity index (χ3n) is 10.3. The first-order valence-corrected chi connectivity index (χ1v) is 22.6. The van der Waals surface area contributed by atoms with Crippen LogP contribution in [0.15, 0.2) is 36.5 Å². The van der Waals surface area contributed by atoms with Crippen molar-refractivity contribution in [3.63, 3.8) is 0 Å². The van der Waals surface area contributed by atoms with Crippen molar-refractivity contribution in [3.8, 4) is 0 Å². The van der Waals surface area contributed by atoms with Crippen LogP contribution in [0.5, 0.6) is 0 Å². The molecular formula is C46H84O9. The number of esters is 1. The predicted octanol–water partition coefficient (Wildman–Crippen LogP) is 9.97. The van der Waals surface area contributed by atoms with Gasteiger partial charge in [0.2, 0.25) is 0 Å². The minimum atomic E-state index is -1.54. The van der Waals surface area contributed by atoms with E-state index in [1.165, 1.54) is 109 Å². The monoisotopic (exact) mass is 781 g/mol. The van der Waals surface area contributed by atoms with E-state index in [1.54, 1.807) is 0 Å². The summed E-state index contributed by atoms with van der Waals surface area (Å²) in [5.41, 5.74) is 0. The normalized spacial score (nSPS) is 21.0. The first kappa shape index (κ1) is 51.4. The molecule has 0 bridgehead atoms. The minimum absolute atomic E-state index is 0.114. The second-order valence-electron chi connectivity index (χ2n) is 15.5. The molecule has 1 saturated heterocycles. The zero-order valence-electron chi connectivity index (χ0n) is 35.2. The van der Waals surface area contributed by atoms with Crippen molar-refractivity contribution in [1.82, 2.24) is 0 Å². The highest BCUT2D eigenvalue weighted by Crippen LogP contribution is 2.22. The van der Waals surface area contributed by atoms with E-state index in [9.17, 15) is 25.2 Å². The molecule has 1 fully saturated rings. The van der Waals surface area contributed by atoms with Crippen molar-refractivity contribution >= 4 is 5.97 Å². The van der Waals surface area contributed by atoms with Gasteiger partial charge in [-0.05, 0) is 44.9 Å². The lowest BCUT2D eigenvalue weighted by Gasteiger charge is -2.39. The summed E-state index contributed by atoms with van der Waals surface area (Å²) in [6.45, 7) is 4.44. The number of rotatable bonds is 38. The molecule has 0 radical (unpaired) electrons. The van der Waals surface area contributed by atoms with Gasteiger partial charge < -0.3 is 39.4 Å². The molecule has 6 atom stereocenters. The first-order valence-electron chi connectivity index (χ1n) is 22.6. The Morgan fingerprint density at radius 2 is 1.11 bits per heavy atom. The van der Waals surface area contributed by atoms with Gasteiger partial charge in [0.1, 0.15) is 30.5 Å². The zero-order valence-corrected chi connectivity index (χ0v) is 35.2. The van der Waals surface area contributed by atoms with Crippen LogP contribution in [0.2, 0.25) is 0 Å². The molecule has 0 aliphatic carbocycles. The molecule has 0 aromatic rings. The number of hydrogen-bond donors (Lipinski definition) is 4. The van der Waals surface area contributed by atoms with E-state index in [0.29, 0.717) is 13.0 Å². The average Bonchev–Trinajstić information content (AvgIpc) is 3.18. The first-order chi connectivity index (χ1) is 26.9. The van der Waals surface area contributed by atoms with Gasteiger partial charge in [-0.2, -0.15) is 0 Å². The fraction of sp³-hybridized carbons (Fsp3) is 0.848. The molecule has 0 saturated carbocycles. The minimum Gasteiger partial charge on any atom is -0.457 e. The Kier molecular flexibility index (Phi) is 35.5. The zero-order chi connectivity index (χ0) is 40.0. The second-order valence-corrected chi connectivity index (χ2v) is 15.5. The van der Waals surface area contributed by atoms with Crippen molar-refractivity contribution in [3.05, 3.63) is 36.5 Å². The topological polar surface area (TPSA) is 135 Å². The number of ether oxygens (including phenoxy) is 4. The Morgan fingerprint density at radius 1 is 0.600 bits per heavy atom. The molecule has 6 unspecified atom stereocenters. The Bertz CT molecular complexity index is 936. The Hall–Kier alpha value is -1.59. The van der Waals surface area contributed by atoms with Gasteiger partial charge in [-0.15, -0.1) is 0 Å². The van der Waals surface area contributed by atoms with Crippen molar-refractivity contribution in [1.29, 1.82) is 0 Å². The molecule has 0 aromatic carbocycles. The number of unbranched alkanes of at least 4 members (excludes halogenated alkanes) is 21. The SMILES string of the molecule is CC/C=C\C/C=C\C/C=C\CCCCCCCCCCOCC(COC1OC(CO)C(O)C(O)C1O)OC(=O)CCCCCCCCCCCCCCCC. The largest absolute Gasteiger partial charge is 0.457 e. The molecular weight excluding hydrogens is 696 g/mol. The lowest BCUT2D eigenvalue weighted by Crippen LogP contribution is -2.59. The molecule has 9 heteroatoms.